The summed E-state index contributed by atoms with van der Waals surface area (Å²) in [6, 6.07) is 1.43. The van der Waals surface area contributed by atoms with Gasteiger partial charge in [0.25, 0.3) is 0 Å². The molecule has 1 aliphatic carbocycles. The quantitative estimate of drug-likeness (QED) is 0.868. The van der Waals surface area contributed by atoms with Gasteiger partial charge in [0.05, 0.1) is 6.10 Å². The molecular formula is C10H11F3N2O. The summed E-state index contributed by atoms with van der Waals surface area (Å²) in [5.74, 6) is 0.201. The van der Waals surface area contributed by atoms with Crippen molar-refractivity contribution in [1.29, 1.82) is 0 Å². The van der Waals surface area contributed by atoms with E-state index in [1.165, 1.54) is 6.07 Å². The van der Waals surface area contributed by atoms with Crippen molar-refractivity contribution < 1.29 is 17.9 Å². The highest BCUT2D eigenvalue weighted by Gasteiger charge is 2.37. The maximum atomic E-state index is 12.6. The van der Waals surface area contributed by atoms with E-state index in [2.05, 4.69) is 4.98 Å². The molecule has 1 fully saturated rings. The summed E-state index contributed by atoms with van der Waals surface area (Å²) in [4.78, 5) is 3.32. The first-order valence-corrected chi connectivity index (χ1v) is 4.94. The lowest BCUT2D eigenvalue weighted by molar-refractivity contribution is -0.142. The molecule has 6 heteroatoms. The Balaban J connectivity index is 2.37. The van der Waals surface area contributed by atoms with Crippen LogP contribution in [0.1, 0.15) is 24.1 Å². The van der Waals surface area contributed by atoms with E-state index in [1.807, 2.05) is 0 Å². The average molecular weight is 232 g/mol. The van der Waals surface area contributed by atoms with Crippen LogP contribution in [0, 0.1) is 0 Å². The van der Waals surface area contributed by atoms with E-state index < -0.39 is 11.9 Å². The number of nitrogens with two attached hydrogens (primary N) is 1. The third-order valence-electron chi connectivity index (χ3n) is 2.30. The van der Waals surface area contributed by atoms with Crippen molar-refractivity contribution >= 4 is 0 Å². The number of alkyl halides is 3. The molecule has 0 atom stereocenters. The van der Waals surface area contributed by atoms with Gasteiger partial charge < -0.3 is 10.5 Å². The van der Waals surface area contributed by atoms with E-state index in [9.17, 15) is 13.2 Å². The van der Waals surface area contributed by atoms with Crippen LogP contribution in [0.5, 0.6) is 5.75 Å². The Hall–Kier alpha value is -1.30. The number of aromatic nitrogens is 1. The maximum Gasteiger partial charge on any atom is 0.433 e. The molecule has 0 aliphatic heterocycles. The number of nitrogens with zero attached hydrogens (tertiary/aromatic N) is 1. The van der Waals surface area contributed by atoms with Crippen molar-refractivity contribution in [2.45, 2.75) is 31.7 Å². The third-order valence-corrected chi connectivity index (χ3v) is 2.30. The predicted molar refractivity (Wildman–Crippen MR) is 50.8 cm³/mol. The Morgan fingerprint density at radius 2 is 2.12 bits per heavy atom. The molecule has 1 heterocycles. The van der Waals surface area contributed by atoms with Crippen LogP contribution in [0.4, 0.5) is 13.2 Å². The van der Waals surface area contributed by atoms with Gasteiger partial charge in [-0.1, -0.05) is 0 Å². The zero-order valence-electron chi connectivity index (χ0n) is 8.42. The molecule has 0 unspecified atom stereocenters. The molecule has 0 spiro atoms. The molecule has 1 saturated carbocycles. The number of hydrogen-bond donors (Lipinski definition) is 1. The van der Waals surface area contributed by atoms with Gasteiger partial charge >= 0.3 is 6.18 Å². The SMILES string of the molecule is NCc1c(OC2CC2)ccnc1C(F)(F)F. The first-order chi connectivity index (χ1) is 7.52. The molecule has 0 bridgehead atoms. The highest BCUT2D eigenvalue weighted by molar-refractivity contribution is 5.37. The summed E-state index contributed by atoms with van der Waals surface area (Å²) in [7, 11) is 0. The number of halogens is 3. The van der Waals surface area contributed by atoms with E-state index in [4.69, 9.17) is 10.5 Å². The number of pyridine rings is 1. The molecular weight excluding hydrogens is 221 g/mol. The fourth-order valence-electron chi connectivity index (χ4n) is 1.39. The van der Waals surface area contributed by atoms with Gasteiger partial charge in [-0.3, -0.25) is 4.98 Å². The molecule has 0 saturated heterocycles. The first-order valence-electron chi connectivity index (χ1n) is 4.94. The molecule has 2 rings (SSSR count). The number of rotatable bonds is 3. The molecule has 2 N–H and O–H groups in total. The van der Waals surface area contributed by atoms with Gasteiger partial charge in [-0.05, 0) is 18.9 Å². The average Bonchev–Trinajstić information content (AvgIpc) is 3.00. The highest BCUT2D eigenvalue weighted by atomic mass is 19.4. The van der Waals surface area contributed by atoms with E-state index >= 15 is 0 Å². The number of ether oxygens (including phenoxy) is 1. The highest BCUT2D eigenvalue weighted by Crippen LogP contribution is 2.36. The lowest BCUT2D eigenvalue weighted by Gasteiger charge is -2.14. The smallest absolute Gasteiger partial charge is 0.433 e. The second kappa shape index (κ2) is 3.93. The van der Waals surface area contributed by atoms with Crippen LogP contribution in [0.3, 0.4) is 0 Å². The Bertz CT molecular complexity index is 388. The van der Waals surface area contributed by atoms with E-state index in [1.54, 1.807) is 0 Å². The normalized spacial score (nSPS) is 16.2. The summed E-state index contributed by atoms with van der Waals surface area (Å²) < 4.78 is 43.1. The molecule has 3 nitrogen and oxygen atoms in total. The maximum absolute atomic E-state index is 12.6. The monoisotopic (exact) mass is 232 g/mol. The van der Waals surface area contributed by atoms with Gasteiger partial charge in [0.2, 0.25) is 0 Å². The van der Waals surface area contributed by atoms with Crippen LogP contribution in [0.15, 0.2) is 12.3 Å². The predicted octanol–water partition coefficient (Wildman–Crippen LogP) is 2.10. The Kier molecular flexibility index (Phi) is 2.75. The van der Waals surface area contributed by atoms with Gasteiger partial charge in [-0.25, -0.2) is 0 Å². The third kappa shape index (κ3) is 2.27. The summed E-state index contributed by atoms with van der Waals surface area (Å²) in [6.07, 6.45) is -1.59. The molecule has 0 amide bonds. The van der Waals surface area contributed by atoms with Crippen LogP contribution in [-0.4, -0.2) is 11.1 Å². The molecule has 88 valence electrons. The Labute approximate surface area is 90.4 Å². The minimum absolute atomic E-state index is 0.0359. The van der Waals surface area contributed by atoms with Crippen molar-refractivity contribution in [3.63, 3.8) is 0 Å². The Morgan fingerprint density at radius 3 is 2.62 bits per heavy atom. The summed E-state index contributed by atoms with van der Waals surface area (Å²) in [6.45, 7) is -0.231. The second-order valence-electron chi connectivity index (χ2n) is 3.66. The molecule has 16 heavy (non-hydrogen) atoms. The zero-order valence-corrected chi connectivity index (χ0v) is 8.42. The van der Waals surface area contributed by atoms with Crippen molar-refractivity contribution in [3.05, 3.63) is 23.5 Å². The van der Waals surface area contributed by atoms with Gasteiger partial charge in [0.1, 0.15) is 5.75 Å². The largest absolute Gasteiger partial charge is 0.490 e. The lowest BCUT2D eigenvalue weighted by Crippen LogP contribution is -2.16. The van der Waals surface area contributed by atoms with Gasteiger partial charge in [-0.15, -0.1) is 0 Å². The van der Waals surface area contributed by atoms with Crippen LogP contribution in [0.25, 0.3) is 0 Å². The number of hydrogen-bond acceptors (Lipinski definition) is 3. The lowest BCUT2D eigenvalue weighted by atomic mass is 10.1. The fourth-order valence-corrected chi connectivity index (χ4v) is 1.39. The molecule has 0 aromatic carbocycles. The minimum atomic E-state index is -4.49. The van der Waals surface area contributed by atoms with Gasteiger partial charge in [-0.2, -0.15) is 13.2 Å². The van der Waals surface area contributed by atoms with E-state index in [-0.39, 0.29) is 24.0 Å². The van der Waals surface area contributed by atoms with E-state index in [0.29, 0.717) is 0 Å². The van der Waals surface area contributed by atoms with Crippen LogP contribution in [0.2, 0.25) is 0 Å². The second-order valence-corrected chi connectivity index (χ2v) is 3.66. The molecule has 1 aromatic rings. The van der Waals surface area contributed by atoms with Crippen LogP contribution >= 0.6 is 0 Å². The van der Waals surface area contributed by atoms with E-state index in [0.717, 1.165) is 19.0 Å². The van der Waals surface area contributed by atoms with Crippen molar-refractivity contribution in [1.82, 2.24) is 4.98 Å². The molecule has 1 aromatic heterocycles. The molecule has 1 aliphatic rings. The van der Waals surface area contributed by atoms with Crippen molar-refractivity contribution in [2.24, 2.45) is 5.73 Å². The summed E-state index contributed by atoms with van der Waals surface area (Å²) in [5.41, 5.74) is 4.31. The molecule has 0 radical (unpaired) electrons. The van der Waals surface area contributed by atoms with Crippen LogP contribution < -0.4 is 10.5 Å². The fraction of sp³-hybridized carbons (Fsp3) is 0.500. The zero-order chi connectivity index (χ0) is 11.8. The van der Waals surface area contributed by atoms with Crippen LogP contribution in [-0.2, 0) is 12.7 Å². The summed E-state index contributed by atoms with van der Waals surface area (Å²) >= 11 is 0. The summed E-state index contributed by atoms with van der Waals surface area (Å²) in [5, 5.41) is 0. The Morgan fingerprint density at radius 1 is 1.44 bits per heavy atom. The minimum Gasteiger partial charge on any atom is -0.490 e. The van der Waals surface area contributed by atoms with Gasteiger partial charge in [0, 0.05) is 18.3 Å². The van der Waals surface area contributed by atoms with Crippen molar-refractivity contribution in [3.8, 4) is 5.75 Å². The van der Waals surface area contributed by atoms with Gasteiger partial charge in [0.15, 0.2) is 5.69 Å². The topological polar surface area (TPSA) is 48.1 Å². The standard InChI is InChI=1S/C10H11F3N2O/c11-10(12,13)9-7(5-14)8(3-4-15-9)16-6-1-2-6/h3-4,6H,1-2,5,14H2. The first kappa shape index (κ1) is 11.2. The van der Waals surface area contributed by atoms with Crippen molar-refractivity contribution in [2.75, 3.05) is 0 Å².